The normalized spacial score (nSPS) is 12.7. The number of nitrogens with one attached hydrogen (secondary N) is 1. The van der Waals surface area contributed by atoms with E-state index in [1.807, 2.05) is 30.2 Å². The molecule has 4 heteroatoms. The number of aryl methyl sites for hydroxylation is 1. The van der Waals surface area contributed by atoms with E-state index >= 15 is 0 Å². The molecule has 1 atom stereocenters. The fraction of sp³-hybridized carbons (Fsp3) is 0.294. The second-order valence-electron chi connectivity index (χ2n) is 5.27. The van der Waals surface area contributed by atoms with Gasteiger partial charge in [0.05, 0.1) is 23.6 Å². The third-order valence-corrected chi connectivity index (χ3v) is 3.70. The van der Waals surface area contributed by atoms with E-state index in [2.05, 4.69) is 52.7 Å². The number of hydrogen-bond donors (Lipinski definition) is 1. The molecule has 1 unspecified atom stereocenters. The average molecular weight is 280 g/mol. The molecule has 0 aliphatic rings. The van der Waals surface area contributed by atoms with Gasteiger partial charge in [0.15, 0.2) is 0 Å². The maximum absolute atomic E-state index is 4.50. The Hall–Kier alpha value is -2.20. The maximum atomic E-state index is 4.50. The van der Waals surface area contributed by atoms with Crippen molar-refractivity contribution in [2.45, 2.75) is 19.4 Å². The number of fused-ring (bicyclic) bond motifs is 1. The lowest BCUT2D eigenvalue weighted by Crippen LogP contribution is -2.23. The molecule has 0 saturated carbocycles. The zero-order valence-corrected chi connectivity index (χ0v) is 12.5. The molecule has 2 aromatic heterocycles. The molecular formula is C17H20N4. The van der Waals surface area contributed by atoms with Crippen molar-refractivity contribution >= 4 is 10.9 Å². The number of para-hydroxylation sites is 1. The van der Waals surface area contributed by atoms with Gasteiger partial charge in [0.25, 0.3) is 0 Å². The molecule has 0 fully saturated rings. The Morgan fingerprint density at radius 3 is 2.81 bits per heavy atom. The molecule has 0 aliphatic heterocycles. The molecule has 0 amide bonds. The Labute approximate surface area is 124 Å². The molecule has 0 saturated heterocycles. The van der Waals surface area contributed by atoms with Crippen LogP contribution in [0.2, 0.25) is 0 Å². The van der Waals surface area contributed by atoms with Gasteiger partial charge in [-0.1, -0.05) is 25.1 Å². The number of aromatic nitrogens is 3. The number of rotatable bonds is 5. The summed E-state index contributed by atoms with van der Waals surface area (Å²) in [6, 6.07) is 10.6. The number of hydrogen-bond acceptors (Lipinski definition) is 3. The SMILES string of the molecule is CCNC(Cc1ccnc2ccccc12)c1cn(C)cn1. The zero-order valence-electron chi connectivity index (χ0n) is 12.5. The van der Waals surface area contributed by atoms with Gasteiger partial charge < -0.3 is 9.88 Å². The number of likely N-dealkylation sites (N-methyl/N-ethyl adjacent to an activating group) is 1. The highest BCUT2D eigenvalue weighted by Gasteiger charge is 2.15. The van der Waals surface area contributed by atoms with E-state index < -0.39 is 0 Å². The summed E-state index contributed by atoms with van der Waals surface area (Å²) in [7, 11) is 2.00. The predicted molar refractivity (Wildman–Crippen MR) is 85.1 cm³/mol. The van der Waals surface area contributed by atoms with E-state index in [1.54, 1.807) is 0 Å². The van der Waals surface area contributed by atoms with E-state index in [4.69, 9.17) is 0 Å². The molecule has 4 nitrogen and oxygen atoms in total. The van der Waals surface area contributed by atoms with E-state index in [1.165, 1.54) is 10.9 Å². The number of pyridine rings is 1. The summed E-state index contributed by atoms with van der Waals surface area (Å²) in [4.78, 5) is 8.93. The van der Waals surface area contributed by atoms with Gasteiger partial charge in [0, 0.05) is 24.8 Å². The standard InChI is InChI=1S/C17H20N4/c1-3-18-16(17-11-21(2)12-20-17)10-13-8-9-19-15-7-5-4-6-14(13)15/h4-9,11-12,16,18H,3,10H2,1-2H3. The van der Waals surface area contributed by atoms with Crippen molar-refractivity contribution in [1.82, 2.24) is 19.9 Å². The first-order valence-electron chi connectivity index (χ1n) is 7.32. The highest BCUT2D eigenvalue weighted by atomic mass is 15.0. The molecule has 3 aromatic rings. The third-order valence-electron chi connectivity index (χ3n) is 3.70. The van der Waals surface area contributed by atoms with Crippen LogP contribution in [0.15, 0.2) is 49.1 Å². The van der Waals surface area contributed by atoms with Crippen LogP contribution in [0.4, 0.5) is 0 Å². The fourth-order valence-electron chi connectivity index (χ4n) is 2.69. The third kappa shape index (κ3) is 2.95. The van der Waals surface area contributed by atoms with E-state index in [0.717, 1.165) is 24.2 Å². The van der Waals surface area contributed by atoms with E-state index in [0.29, 0.717) is 0 Å². The molecule has 1 aromatic carbocycles. The Morgan fingerprint density at radius 1 is 1.19 bits per heavy atom. The fourth-order valence-corrected chi connectivity index (χ4v) is 2.69. The van der Waals surface area contributed by atoms with Gasteiger partial charge in [-0.2, -0.15) is 0 Å². The van der Waals surface area contributed by atoms with Crippen molar-refractivity contribution in [2.75, 3.05) is 6.54 Å². The summed E-state index contributed by atoms with van der Waals surface area (Å²) in [6.45, 7) is 3.05. The van der Waals surface area contributed by atoms with Crippen molar-refractivity contribution < 1.29 is 0 Å². The second kappa shape index (κ2) is 6.06. The molecule has 0 aliphatic carbocycles. The lowest BCUT2D eigenvalue weighted by Gasteiger charge is -2.17. The van der Waals surface area contributed by atoms with Crippen LogP contribution in [-0.2, 0) is 13.5 Å². The van der Waals surface area contributed by atoms with Crippen LogP contribution in [0, 0.1) is 0 Å². The first kappa shape index (κ1) is 13.8. The van der Waals surface area contributed by atoms with Crippen LogP contribution in [0.3, 0.4) is 0 Å². The lowest BCUT2D eigenvalue weighted by molar-refractivity contribution is 0.539. The number of benzene rings is 1. The molecular weight excluding hydrogens is 260 g/mol. The summed E-state index contributed by atoms with van der Waals surface area (Å²) in [5.41, 5.74) is 3.43. The number of nitrogens with zero attached hydrogens (tertiary/aromatic N) is 3. The minimum Gasteiger partial charge on any atom is -0.340 e. The van der Waals surface area contributed by atoms with Crippen molar-refractivity contribution in [2.24, 2.45) is 7.05 Å². The summed E-state index contributed by atoms with van der Waals surface area (Å²) in [6.07, 6.45) is 6.73. The van der Waals surface area contributed by atoms with Crippen LogP contribution in [0.5, 0.6) is 0 Å². The maximum Gasteiger partial charge on any atom is 0.0947 e. The largest absolute Gasteiger partial charge is 0.340 e. The molecule has 0 bridgehead atoms. The first-order chi connectivity index (χ1) is 10.3. The van der Waals surface area contributed by atoms with E-state index in [-0.39, 0.29) is 6.04 Å². The minimum atomic E-state index is 0.224. The van der Waals surface area contributed by atoms with Crippen LogP contribution in [-0.4, -0.2) is 21.1 Å². The molecule has 1 N–H and O–H groups in total. The highest BCUT2D eigenvalue weighted by molar-refractivity contribution is 5.81. The quantitative estimate of drug-likeness (QED) is 0.781. The smallest absolute Gasteiger partial charge is 0.0947 e. The van der Waals surface area contributed by atoms with Crippen molar-refractivity contribution in [3.8, 4) is 0 Å². The minimum absolute atomic E-state index is 0.224. The Morgan fingerprint density at radius 2 is 2.05 bits per heavy atom. The Balaban J connectivity index is 1.94. The molecule has 0 radical (unpaired) electrons. The van der Waals surface area contributed by atoms with Crippen LogP contribution in [0.25, 0.3) is 10.9 Å². The van der Waals surface area contributed by atoms with Gasteiger partial charge in [-0.05, 0) is 30.7 Å². The van der Waals surface area contributed by atoms with Gasteiger partial charge in [0.2, 0.25) is 0 Å². The molecule has 2 heterocycles. The number of imidazole rings is 1. The molecule has 0 spiro atoms. The van der Waals surface area contributed by atoms with Gasteiger partial charge >= 0.3 is 0 Å². The predicted octanol–water partition coefficient (Wildman–Crippen LogP) is 2.86. The van der Waals surface area contributed by atoms with Crippen molar-refractivity contribution in [3.05, 3.63) is 60.3 Å². The van der Waals surface area contributed by atoms with Gasteiger partial charge in [-0.15, -0.1) is 0 Å². The summed E-state index contributed by atoms with van der Waals surface area (Å²) in [5, 5.41) is 4.75. The monoisotopic (exact) mass is 280 g/mol. The topological polar surface area (TPSA) is 42.7 Å². The summed E-state index contributed by atoms with van der Waals surface area (Å²) >= 11 is 0. The zero-order chi connectivity index (χ0) is 14.7. The highest BCUT2D eigenvalue weighted by Crippen LogP contribution is 2.22. The Bertz CT molecular complexity index is 727. The van der Waals surface area contributed by atoms with Crippen LogP contribution >= 0.6 is 0 Å². The molecule has 21 heavy (non-hydrogen) atoms. The molecule has 3 rings (SSSR count). The molecule has 108 valence electrons. The van der Waals surface area contributed by atoms with Crippen LogP contribution < -0.4 is 5.32 Å². The van der Waals surface area contributed by atoms with Crippen molar-refractivity contribution in [3.63, 3.8) is 0 Å². The first-order valence-corrected chi connectivity index (χ1v) is 7.32. The van der Waals surface area contributed by atoms with Gasteiger partial charge in [-0.3, -0.25) is 4.98 Å². The summed E-state index contributed by atoms with van der Waals surface area (Å²) < 4.78 is 1.99. The van der Waals surface area contributed by atoms with Gasteiger partial charge in [0.1, 0.15) is 0 Å². The summed E-state index contributed by atoms with van der Waals surface area (Å²) in [5.74, 6) is 0. The lowest BCUT2D eigenvalue weighted by atomic mass is 10.00. The second-order valence-corrected chi connectivity index (χ2v) is 5.27. The Kier molecular flexibility index (Phi) is 3.97. The van der Waals surface area contributed by atoms with Crippen LogP contribution in [0.1, 0.15) is 24.2 Å². The van der Waals surface area contributed by atoms with Crippen molar-refractivity contribution in [1.29, 1.82) is 0 Å². The van der Waals surface area contributed by atoms with E-state index in [9.17, 15) is 0 Å². The van der Waals surface area contributed by atoms with Gasteiger partial charge in [-0.25, -0.2) is 4.98 Å². The average Bonchev–Trinajstić information content (AvgIpc) is 2.94.